The van der Waals surface area contributed by atoms with E-state index in [0.717, 1.165) is 5.69 Å². The standard InChI is InChI=1S/C14H20N2O3/c1-10(13(18)19)8-12(17)16-9-14(2,3)11-6-4-5-7-15-11/h4-7,10H,8-9H2,1-3H3,(H,16,17)(H,18,19). The fourth-order valence-electron chi connectivity index (χ4n) is 1.61. The number of rotatable bonds is 6. The lowest BCUT2D eigenvalue weighted by Gasteiger charge is -2.24. The molecule has 104 valence electrons. The molecular formula is C14H20N2O3. The number of nitrogens with one attached hydrogen (secondary N) is 1. The van der Waals surface area contributed by atoms with E-state index in [2.05, 4.69) is 10.3 Å². The molecule has 0 radical (unpaired) electrons. The first-order valence-corrected chi connectivity index (χ1v) is 6.24. The van der Waals surface area contributed by atoms with Gasteiger partial charge in [-0.05, 0) is 12.1 Å². The van der Waals surface area contributed by atoms with E-state index in [9.17, 15) is 9.59 Å². The normalized spacial score (nSPS) is 12.8. The zero-order valence-corrected chi connectivity index (χ0v) is 11.5. The van der Waals surface area contributed by atoms with Gasteiger partial charge >= 0.3 is 5.97 Å². The molecule has 0 saturated carbocycles. The van der Waals surface area contributed by atoms with Crippen molar-refractivity contribution in [2.75, 3.05) is 6.54 Å². The molecule has 0 spiro atoms. The van der Waals surface area contributed by atoms with Crippen LogP contribution in [0.4, 0.5) is 0 Å². The lowest BCUT2D eigenvalue weighted by Crippen LogP contribution is -2.38. The maximum atomic E-state index is 11.6. The Labute approximate surface area is 113 Å². The predicted octanol–water partition coefficient (Wildman–Crippen LogP) is 1.59. The second kappa shape index (κ2) is 6.31. The molecule has 1 amide bonds. The third-order valence-electron chi connectivity index (χ3n) is 3.00. The molecule has 0 aliphatic carbocycles. The highest BCUT2D eigenvalue weighted by atomic mass is 16.4. The van der Waals surface area contributed by atoms with Crippen LogP contribution in [0.3, 0.4) is 0 Å². The van der Waals surface area contributed by atoms with E-state index in [-0.39, 0.29) is 17.7 Å². The fraction of sp³-hybridized carbons (Fsp3) is 0.500. The molecule has 0 saturated heterocycles. The third kappa shape index (κ3) is 4.69. The molecule has 1 rings (SSSR count). The van der Waals surface area contributed by atoms with E-state index in [0.29, 0.717) is 6.54 Å². The molecule has 1 aromatic rings. The molecule has 0 aliphatic rings. The van der Waals surface area contributed by atoms with Gasteiger partial charge in [0.05, 0.1) is 5.92 Å². The van der Waals surface area contributed by atoms with Gasteiger partial charge in [-0.15, -0.1) is 0 Å². The van der Waals surface area contributed by atoms with Crippen LogP contribution in [-0.4, -0.2) is 28.5 Å². The van der Waals surface area contributed by atoms with Crippen molar-refractivity contribution < 1.29 is 14.7 Å². The van der Waals surface area contributed by atoms with E-state index in [1.165, 1.54) is 6.92 Å². The quantitative estimate of drug-likeness (QED) is 0.817. The molecule has 0 aliphatic heterocycles. The van der Waals surface area contributed by atoms with Crippen molar-refractivity contribution >= 4 is 11.9 Å². The Morgan fingerprint density at radius 3 is 2.63 bits per heavy atom. The Hall–Kier alpha value is -1.91. The van der Waals surface area contributed by atoms with Crippen LogP contribution in [-0.2, 0) is 15.0 Å². The second-order valence-corrected chi connectivity index (χ2v) is 5.32. The molecule has 2 N–H and O–H groups in total. The highest BCUT2D eigenvalue weighted by molar-refractivity contribution is 5.82. The summed E-state index contributed by atoms with van der Waals surface area (Å²) in [4.78, 5) is 26.6. The molecule has 0 aromatic carbocycles. The maximum absolute atomic E-state index is 11.6. The maximum Gasteiger partial charge on any atom is 0.306 e. The molecule has 1 heterocycles. The number of amides is 1. The summed E-state index contributed by atoms with van der Waals surface area (Å²) in [5, 5.41) is 11.5. The summed E-state index contributed by atoms with van der Waals surface area (Å²) in [5.74, 6) is -1.88. The first kappa shape index (κ1) is 15.1. The van der Waals surface area contributed by atoms with Crippen molar-refractivity contribution in [1.82, 2.24) is 10.3 Å². The predicted molar refractivity (Wildman–Crippen MR) is 71.7 cm³/mol. The number of aromatic nitrogens is 1. The average Bonchev–Trinajstić information content (AvgIpc) is 2.37. The van der Waals surface area contributed by atoms with E-state index in [4.69, 9.17) is 5.11 Å². The van der Waals surface area contributed by atoms with Crippen LogP contribution in [0, 0.1) is 5.92 Å². The van der Waals surface area contributed by atoms with Gasteiger partial charge in [0, 0.05) is 30.3 Å². The number of carboxylic acid groups (broad SMARTS) is 1. The van der Waals surface area contributed by atoms with Crippen LogP contribution in [0.15, 0.2) is 24.4 Å². The van der Waals surface area contributed by atoms with Crippen LogP contribution in [0.5, 0.6) is 0 Å². The van der Waals surface area contributed by atoms with Crippen molar-refractivity contribution in [2.24, 2.45) is 5.92 Å². The van der Waals surface area contributed by atoms with E-state index < -0.39 is 11.9 Å². The molecule has 1 aromatic heterocycles. The number of carboxylic acids is 1. The van der Waals surface area contributed by atoms with Crippen molar-refractivity contribution in [3.05, 3.63) is 30.1 Å². The first-order chi connectivity index (χ1) is 8.83. The summed E-state index contributed by atoms with van der Waals surface area (Å²) in [6.45, 7) is 5.91. The molecule has 5 heteroatoms. The molecule has 19 heavy (non-hydrogen) atoms. The lowest BCUT2D eigenvalue weighted by atomic mass is 9.88. The van der Waals surface area contributed by atoms with Gasteiger partial charge in [0.2, 0.25) is 5.91 Å². The zero-order chi connectivity index (χ0) is 14.5. The molecule has 0 bridgehead atoms. The lowest BCUT2D eigenvalue weighted by molar-refractivity contribution is -0.143. The van der Waals surface area contributed by atoms with Crippen molar-refractivity contribution in [3.63, 3.8) is 0 Å². The Bertz CT molecular complexity index is 443. The van der Waals surface area contributed by atoms with Crippen LogP contribution in [0.25, 0.3) is 0 Å². The van der Waals surface area contributed by atoms with E-state index in [1.54, 1.807) is 6.20 Å². The van der Waals surface area contributed by atoms with Gasteiger partial charge < -0.3 is 10.4 Å². The number of nitrogens with zero attached hydrogens (tertiary/aromatic N) is 1. The summed E-state index contributed by atoms with van der Waals surface area (Å²) >= 11 is 0. The minimum Gasteiger partial charge on any atom is -0.481 e. The smallest absolute Gasteiger partial charge is 0.306 e. The van der Waals surface area contributed by atoms with Gasteiger partial charge in [-0.2, -0.15) is 0 Å². The third-order valence-corrected chi connectivity index (χ3v) is 3.00. The number of carbonyl (C=O) groups excluding carboxylic acids is 1. The summed E-state index contributed by atoms with van der Waals surface area (Å²) in [6.07, 6.45) is 1.71. The highest BCUT2D eigenvalue weighted by Gasteiger charge is 2.23. The molecule has 1 unspecified atom stereocenters. The molecule has 0 fully saturated rings. The Morgan fingerprint density at radius 1 is 1.42 bits per heavy atom. The topological polar surface area (TPSA) is 79.3 Å². The average molecular weight is 264 g/mol. The minimum atomic E-state index is -0.959. The number of hydrogen-bond acceptors (Lipinski definition) is 3. The Balaban J connectivity index is 2.52. The number of pyridine rings is 1. The van der Waals surface area contributed by atoms with Gasteiger partial charge in [-0.25, -0.2) is 0 Å². The summed E-state index contributed by atoms with van der Waals surface area (Å²) < 4.78 is 0. The van der Waals surface area contributed by atoms with Gasteiger partial charge in [-0.1, -0.05) is 26.8 Å². The molecular weight excluding hydrogens is 244 g/mol. The minimum absolute atomic E-state index is 0.00632. The van der Waals surface area contributed by atoms with Gasteiger partial charge in [0.15, 0.2) is 0 Å². The van der Waals surface area contributed by atoms with Gasteiger partial charge in [-0.3, -0.25) is 14.6 Å². The first-order valence-electron chi connectivity index (χ1n) is 6.24. The number of carbonyl (C=O) groups is 2. The summed E-state index contributed by atoms with van der Waals surface area (Å²) in [5.41, 5.74) is 0.602. The highest BCUT2D eigenvalue weighted by Crippen LogP contribution is 2.19. The second-order valence-electron chi connectivity index (χ2n) is 5.32. The monoisotopic (exact) mass is 264 g/mol. The number of hydrogen-bond donors (Lipinski definition) is 2. The number of aliphatic carboxylic acids is 1. The van der Waals surface area contributed by atoms with Crippen molar-refractivity contribution in [2.45, 2.75) is 32.6 Å². The van der Waals surface area contributed by atoms with Crippen LogP contribution >= 0.6 is 0 Å². The SMILES string of the molecule is CC(CC(=O)NCC(C)(C)c1ccccn1)C(=O)O. The fourth-order valence-corrected chi connectivity index (χ4v) is 1.61. The van der Waals surface area contributed by atoms with Crippen LogP contribution in [0.2, 0.25) is 0 Å². The van der Waals surface area contributed by atoms with Gasteiger partial charge in [0.1, 0.15) is 0 Å². The zero-order valence-electron chi connectivity index (χ0n) is 11.5. The Morgan fingerprint density at radius 2 is 2.11 bits per heavy atom. The van der Waals surface area contributed by atoms with Crippen LogP contribution in [0.1, 0.15) is 32.9 Å². The van der Waals surface area contributed by atoms with Crippen molar-refractivity contribution in [3.8, 4) is 0 Å². The molecule has 5 nitrogen and oxygen atoms in total. The van der Waals surface area contributed by atoms with Crippen LogP contribution < -0.4 is 5.32 Å². The largest absolute Gasteiger partial charge is 0.481 e. The van der Waals surface area contributed by atoms with E-state index in [1.807, 2.05) is 32.0 Å². The van der Waals surface area contributed by atoms with Crippen molar-refractivity contribution in [1.29, 1.82) is 0 Å². The van der Waals surface area contributed by atoms with Gasteiger partial charge in [0.25, 0.3) is 0 Å². The molecule has 1 atom stereocenters. The summed E-state index contributed by atoms with van der Waals surface area (Å²) in [6, 6.07) is 5.65. The summed E-state index contributed by atoms with van der Waals surface area (Å²) in [7, 11) is 0. The van der Waals surface area contributed by atoms with E-state index >= 15 is 0 Å². The Kier molecular flexibility index (Phi) is 5.03.